The van der Waals surface area contributed by atoms with E-state index in [2.05, 4.69) is 10.3 Å². The number of hydrogen-bond donors (Lipinski definition) is 2. The van der Waals surface area contributed by atoms with E-state index in [0.717, 1.165) is 11.3 Å². The van der Waals surface area contributed by atoms with Crippen LogP contribution in [0.15, 0.2) is 6.07 Å². The second-order valence-corrected chi connectivity index (χ2v) is 4.68. The highest BCUT2D eigenvalue weighted by atomic mass is 35.5. The van der Waals surface area contributed by atoms with Crippen LogP contribution in [0.2, 0.25) is 5.15 Å². The van der Waals surface area contributed by atoms with Crippen LogP contribution in [0.5, 0.6) is 0 Å². The van der Waals surface area contributed by atoms with E-state index in [1.165, 1.54) is 4.90 Å². The van der Waals surface area contributed by atoms with Gasteiger partial charge in [-0.2, -0.15) is 0 Å². The maximum absolute atomic E-state index is 11.9. The largest absolute Gasteiger partial charge is 0.394 e. The van der Waals surface area contributed by atoms with Gasteiger partial charge in [0.15, 0.2) is 5.15 Å². The van der Waals surface area contributed by atoms with Crippen LogP contribution < -0.4 is 5.32 Å². The quantitative estimate of drug-likeness (QED) is 0.829. The van der Waals surface area contributed by atoms with Gasteiger partial charge in [-0.15, -0.1) is 0 Å². The van der Waals surface area contributed by atoms with Crippen molar-refractivity contribution in [2.24, 2.45) is 0 Å². The van der Waals surface area contributed by atoms with Crippen molar-refractivity contribution in [1.82, 2.24) is 9.88 Å². The number of nitrogens with zero attached hydrogens (tertiary/aromatic N) is 2. The molecular weight excluding hydrogens is 254 g/mol. The molecule has 0 aliphatic carbocycles. The lowest BCUT2D eigenvalue weighted by Gasteiger charge is -2.24. The van der Waals surface area contributed by atoms with Gasteiger partial charge in [-0.05, 0) is 32.4 Å². The van der Waals surface area contributed by atoms with Crippen molar-refractivity contribution in [1.29, 1.82) is 0 Å². The molecule has 100 valence electrons. The van der Waals surface area contributed by atoms with Crippen molar-refractivity contribution in [3.8, 4) is 0 Å². The van der Waals surface area contributed by atoms with E-state index >= 15 is 0 Å². The Hall–Kier alpha value is -1.33. The number of likely N-dealkylation sites (N-methyl/N-ethyl adjacent to an activating group) is 1. The number of aliphatic hydroxyl groups is 1. The molecule has 1 rings (SSSR count). The number of aromatic nitrogens is 1. The maximum Gasteiger partial charge on any atom is 0.321 e. The molecule has 1 aromatic rings. The molecule has 0 aliphatic rings. The zero-order chi connectivity index (χ0) is 13.9. The Morgan fingerprint density at radius 2 is 2.22 bits per heavy atom. The monoisotopic (exact) mass is 271 g/mol. The molecule has 18 heavy (non-hydrogen) atoms. The third-order valence-corrected chi connectivity index (χ3v) is 3.05. The van der Waals surface area contributed by atoms with Crippen LogP contribution in [0.25, 0.3) is 0 Å². The lowest BCUT2D eigenvalue weighted by Crippen LogP contribution is -2.40. The van der Waals surface area contributed by atoms with E-state index in [9.17, 15) is 4.79 Å². The van der Waals surface area contributed by atoms with Crippen LogP contribution in [-0.2, 0) is 0 Å². The van der Waals surface area contributed by atoms with Crippen molar-refractivity contribution in [3.05, 3.63) is 22.5 Å². The number of pyridine rings is 1. The number of carbonyl (C=O) groups excluding carboxylic acids is 1. The molecule has 6 heteroatoms. The van der Waals surface area contributed by atoms with Gasteiger partial charge >= 0.3 is 6.03 Å². The Kier molecular flexibility index (Phi) is 4.93. The zero-order valence-corrected chi connectivity index (χ0v) is 11.7. The fourth-order valence-corrected chi connectivity index (χ4v) is 1.79. The SMILES string of the molecule is Cc1cc(C)c(NC(=O)N(C)C(C)CO)c(Cl)n1. The molecule has 1 aromatic heterocycles. The van der Waals surface area contributed by atoms with Gasteiger partial charge in [-0.1, -0.05) is 11.6 Å². The number of anilines is 1. The first-order valence-corrected chi connectivity index (χ1v) is 6.03. The lowest BCUT2D eigenvalue weighted by atomic mass is 10.2. The minimum Gasteiger partial charge on any atom is -0.394 e. The Bertz CT molecular complexity index is 428. The molecule has 0 aliphatic heterocycles. The summed E-state index contributed by atoms with van der Waals surface area (Å²) in [6.07, 6.45) is 0. The molecule has 0 spiro atoms. The van der Waals surface area contributed by atoms with Crippen LogP contribution in [0, 0.1) is 13.8 Å². The number of aryl methyl sites for hydroxylation is 2. The van der Waals surface area contributed by atoms with Gasteiger partial charge < -0.3 is 15.3 Å². The van der Waals surface area contributed by atoms with Gasteiger partial charge in [0.1, 0.15) is 0 Å². The van der Waals surface area contributed by atoms with Crippen molar-refractivity contribution >= 4 is 23.3 Å². The number of hydrogen-bond acceptors (Lipinski definition) is 3. The van der Waals surface area contributed by atoms with Gasteiger partial charge in [0, 0.05) is 12.7 Å². The minimum absolute atomic E-state index is 0.0945. The normalized spacial score (nSPS) is 12.1. The molecule has 0 saturated carbocycles. The van der Waals surface area contributed by atoms with E-state index in [1.807, 2.05) is 19.9 Å². The highest BCUT2D eigenvalue weighted by Gasteiger charge is 2.17. The smallest absolute Gasteiger partial charge is 0.321 e. The standard InChI is InChI=1S/C12H18ClN3O2/c1-7-5-8(2)14-11(13)10(7)15-12(18)16(4)9(3)6-17/h5,9,17H,6H2,1-4H3,(H,15,18). The Balaban J connectivity index is 2.89. The highest BCUT2D eigenvalue weighted by molar-refractivity contribution is 6.32. The average Bonchev–Trinajstić information content (AvgIpc) is 2.31. The van der Waals surface area contributed by atoms with Gasteiger partial charge in [0.05, 0.1) is 18.3 Å². The summed E-state index contributed by atoms with van der Waals surface area (Å²) in [5.74, 6) is 0. The summed E-state index contributed by atoms with van der Waals surface area (Å²) in [4.78, 5) is 17.4. The fourth-order valence-electron chi connectivity index (χ4n) is 1.46. The summed E-state index contributed by atoms with van der Waals surface area (Å²) in [5, 5.41) is 12.0. The summed E-state index contributed by atoms with van der Waals surface area (Å²) in [5.41, 5.74) is 2.16. The summed E-state index contributed by atoms with van der Waals surface area (Å²) in [7, 11) is 1.61. The van der Waals surface area contributed by atoms with Crippen LogP contribution >= 0.6 is 11.6 Å². The van der Waals surface area contributed by atoms with Crippen molar-refractivity contribution < 1.29 is 9.90 Å². The number of nitrogens with one attached hydrogen (secondary N) is 1. The van der Waals surface area contributed by atoms with Gasteiger partial charge in [-0.25, -0.2) is 9.78 Å². The maximum atomic E-state index is 11.9. The topological polar surface area (TPSA) is 65.5 Å². The van der Waals surface area contributed by atoms with E-state index in [1.54, 1.807) is 14.0 Å². The second-order valence-electron chi connectivity index (χ2n) is 4.32. The van der Waals surface area contributed by atoms with Crippen LogP contribution in [0.1, 0.15) is 18.2 Å². The van der Waals surface area contributed by atoms with Crippen molar-refractivity contribution in [2.75, 3.05) is 19.0 Å². The third kappa shape index (κ3) is 3.34. The summed E-state index contributed by atoms with van der Waals surface area (Å²) in [6.45, 7) is 5.35. The summed E-state index contributed by atoms with van der Waals surface area (Å²) in [6, 6.07) is 1.26. The average molecular weight is 272 g/mol. The Morgan fingerprint density at radius 1 is 1.61 bits per heavy atom. The fraction of sp³-hybridized carbons (Fsp3) is 0.500. The molecule has 0 fully saturated rings. The first-order valence-electron chi connectivity index (χ1n) is 5.65. The first kappa shape index (κ1) is 14.7. The molecular formula is C12H18ClN3O2. The molecule has 0 saturated heterocycles. The molecule has 2 amide bonds. The molecule has 1 heterocycles. The van der Waals surface area contributed by atoms with E-state index < -0.39 is 0 Å². The number of carbonyl (C=O) groups is 1. The Morgan fingerprint density at radius 3 is 2.72 bits per heavy atom. The zero-order valence-electron chi connectivity index (χ0n) is 11.0. The second kappa shape index (κ2) is 6.02. The molecule has 1 unspecified atom stereocenters. The highest BCUT2D eigenvalue weighted by Crippen LogP contribution is 2.24. The third-order valence-electron chi connectivity index (χ3n) is 2.78. The minimum atomic E-state index is -0.327. The molecule has 0 radical (unpaired) electrons. The van der Waals surface area contributed by atoms with Crippen molar-refractivity contribution in [2.45, 2.75) is 26.8 Å². The Labute approximate surface area is 112 Å². The number of rotatable bonds is 3. The summed E-state index contributed by atoms with van der Waals surface area (Å²) < 4.78 is 0. The van der Waals surface area contributed by atoms with Gasteiger partial charge in [-0.3, -0.25) is 0 Å². The molecule has 1 atom stereocenters. The van der Waals surface area contributed by atoms with Crippen LogP contribution in [0.4, 0.5) is 10.5 Å². The van der Waals surface area contributed by atoms with E-state index in [0.29, 0.717) is 5.69 Å². The van der Waals surface area contributed by atoms with Crippen LogP contribution in [0.3, 0.4) is 0 Å². The van der Waals surface area contributed by atoms with Crippen LogP contribution in [-0.4, -0.2) is 40.7 Å². The predicted molar refractivity (Wildman–Crippen MR) is 72.1 cm³/mol. The van der Waals surface area contributed by atoms with E-state index in [-0.39, 0.29) is 23.8 Å². The number of aliphatic hydroxyl groups excluding tert-OH is 1. The first-order chi connectivity index (χ1) is 8.36. The number of urea groups is 1. The lowest BCUT2D eigenvalue weighted by molar-refractivity contribution is 0.166. The van der Waals surface area contributed by atoms with Gasteiger partial charge in [0.2, 0.25) is 0 Å². The van der Waals surface area contributed by atoms with Gasteiger partial charge in [0.25, 0.3) is 0 Å². The summed E-state index contributed by atoms with van der Waals surface area (Å²) >= 11 is 6.00. The molecule has 0 bridgehead atoms. The van der Waals surface area contributed by atoms with Crippen molar-refractivity contribution in [3.63, 3.8) is 0 Å². The molecule has 0 aromatic carbocycles. The predicted octanol–water partition coefficient (Wildman–Crippen LogP) is 2.20. The number of halogens is 1. The molecule has 5 nitrogen and oxygen atoms in total. The number of amides is 2. The molecule has 2 N–H and O–H groups in total. The van der Waals surface area contributed by atoms with E-state index in [4.69, 9.17) is 16.7 Å².